The summed E-state index contributed by atoms with van der Waals surface area (Å²) in [7, 11) is 1.62. The van der Waals surface area contributed by atoms with Gasteiger partial charge in [0.2, 0.25) is 5.91 Å². The first-order chi connectivity index (χ1) is 11.2. The summed E-state index contributed by atoms with van der Waals surface area (Å²) in [5.41, 5.74) is 0.989. The number of carbonyl (C=O) groups is 2. The number of hydrogen-bond acceptors (Lipinski definition) is 4. The molecule has 3 rings (SSSR count). The van der Waals surface area contributed by atoms with E-state index in [2.05, 4.69) is 5.32 Å². The molecule has 1 saturated heterocycles. The lowest BCUT2D eigenvalue weighted by Crippen LogP contribution is -2.55. The second-order valence-corrected chi connectivity index (χ2v) is 6.40. The molecule has 1 aromatic heterocycles. The molecule has 1 aliphatic heterocycles. The Morgan fingerprint density at radius 2 is 2.13 bits per heavy atom. The number of benzene rings is 1. The molecule has 1 fully saturated rings. The Hall–Kier alpha value is -2.34. The summed E-state index contributed by atoms with van der Waals surface area (Å²) in [5, 5.41) is 4.80. The number of hydrogen-bond donors (Lipinski definition) is 1. The van der Waals surface area contributed by atoms with Gasteiger partial charge in [-0.2, -0.15) is 0 Å². The SMILES string of the molecule is COc1cccc(CNC(=O)C2CN(C(=O)c3cccs3)C2)c1. The Labute approximate surface area is 138 Å². The van der Waals surface area contributed by atoms with Crippen LogP contribution in [-0.2, 0) is 11.3 Å². The third-order valence-electron chi connectivity index (χ3n) is 3.87. The fourth-order valence-electron chi connectivity index (χ4n) is 2.48. The van der Waals surface area contributed by atoms with E-state index in [9.17, 15) is 9.59 Å². The summed E-state index contributed by atoms with van der Waals surface area (Å²) in [6.45, 7) is 1.44. The van der Waals surface area contributed by atoms with Gasteiger partial charge < -0.3 is 15.0 Å². The van der Waals surface area contributed by atoms with Crippen molar-refractivity contribution in [3.05, 3.63) is 52.2 Å². The maximum Gasteiger partial charge on any atom is 0.263 e. The molecule has 23 heavy (non-hydrogen) atoms. The standard InChI is InChI=1S/C17H18N2O3S/c1-22-14-5-2-4-12(8-14)9-18-16(20)13-10-19(11-13)17(21)15-6-3-7-23-15/h2-8,13H,9-11H2,1H3,(H,18,20). The fourth-order valence-corrected chi connectivity index (χ4v) is 3.17. The van der Waals surface area contributed by atoms with Gasteiger partial charge >= 0.3 is 0 Å². The van der Waals surface area contributed by atoms with E-state index in [-0.39, 0.29) is 17.7 Å². The monoisotopic (exact) mass is 330 g/mol. The Balaban J connectivity index is 1.46. The van der Waals surface area contributed by atoms with Crippen molar-refractivity contribution >= 4 is 23.2 Å². The predicted octanol–water partition coefficient (Wildman–Crippen LogP) is 2.15. The third-order valence-corrected chi connectivity index (χ3v) is 4.73. The van der Waals surface area contributed by atoms with E-state index in [1.165, 1.54) is 11.3 Å². The van der Waals surface area contributed by atoms with Gasteiger partial charge in [0.25, 0.3) is 5.91 Å². The maximum absolute atomic E-state index is 12.1. The molecule has 5 nitrogen and oxygen atoms in total. The largest absolute Gasteiger partial charge is 0.497 e. The summed E-state index contributed by atoms with van der Waals surface area (Å²) in [6.07, 6.45) is 0. The minimum Gasteiger partial charge on any atom is -0.497 e. The molecular formula is C17H18N2O3S. The van der Waals surface area contributed by atoms with Crippen molar-refractivity contribution in [2.75, 3.05) is 20.2 Å². The van der Waals surface area contributed by atoms with Crippen LogP contribution in [0.25, 0.3) is 0 Å². The summed E-state index contributed by atoms with van der Waals surface area (Å²) in [6, 6.07) is 11.3. The molecule has 0 radical (unpaired) electrons. The molecule has 0 saturated carbocycles. The van der Waals surface area contributed by atoms with Crippen molar-refractivity contribution < 1.29 is 14.3 Å². The molecule has 120 valence electrons. The van der Waals surface area contributed by atoms with Gasteiger partial charge in [0, 0.05) is 19.6 Å². The average molecular weight is 330 g/mol. The van der Waals surface area contributed by atoms with Crippen molar-refractivity contribution in [1.82, 2.24) is 10.2 Å². The van der Waals surface area contributed by atoms with Gasteiger partial charge in [-0.05, 0) is 29.1 Å². The number of nitrogens with one attached hydrogen (secondary N) is 1. The predicted molar refractivity (Wildman–Crippen MR) is 88.6 cm³/mol. The number of likely N-dealkylation sites (tertiary alicyclic amines) is 1. The molecule has 0 bridgehead atoms. The van der Waals surface area contributed by atoms with Crippen LogP contribution in [0.1, 0.15) is 15.2 Å². The van der Waals surface area contributed by atoms with Gasteiger partial charge in [0.15, 0.2) is 0 Å². The topological polar surface area (TPSA) is 58.6 Å². The first-order valence-corrected chi connectivity index (χ1v) is 8.29. The van der Waals surface area contributed by atoms with Crippen LogP contribution in [0.5, 0.6) is 5.75 Å². The number of ether oxygens (including phenoxy) is 1. The van der Waals surface area contributed by atoms with Crippen LogP contribution in [-0.4, -0.2) is 36.9 Å². The molecule has 0 spiro atoms. The zero-order valence-corrected chi connectivity index (χ0v) is 13.6. The van der Waals surface area contributed by atoms with Crippen LogP contribution in [0.2, 0.25) is 0 Å². The first kappa shape index (κ1) is 15.6. The molecule has 0 unspecified atom stereocenters. The minimum absolute atomic E-state index is 0.0110. The van der Waals surface area contributed by atoms with Crippen molar-refractivity contribution in [2.45, 2.75) is 6.54 Å². The highest BCUT2D eigenvalue weighted by Crippen LogP contribution is 2.21. The number of thiophene rings is 1. The van der Waals surface area contributed by atoms with Crippen molar-refractivity contribution in [3.63, 3.8) is 0 Å². The van der Waals surface area contributed by atoms with E-state index in [0.717, 1.165) is 16.2 Å². The van der Waals surface area contributed by atoms with E-state index in [0.29, 0.717) is 19.6 Å². The average Bonchev–Trinajstić information content (AvgIpc) is 3.06. The number of amides is 2. The van der Waals surface area contributed by atoms with Gasteiger partial charge in [-0.1, -0.05) is 18.2 Å². The minimum atomic E-state index is -0.121. The van der Waals surface area contributed by atoms with Crippen LogP contribution in [0.4, 0.5) is 0 Å². The molecule has 2 aromatic rings. The van der Waals surface area contributed by atoms with Crippen LogP contribution in [0.3, 0.4) is 0 Å². The van der Waals surface area contributed by atoms with E-state index in [4.69, 9.17) is 4.74 Å². The highest BCUT2D eigenvalue weighted by Gasteiger charge is 2.36. The van der Waals surface area contributed by atoms with Crippen molar-refractivity contribution in [1.29, 1.82) is 0 Å². The summed E-state index contributed by atoms with van der Waals surface area (Å²) in [4.78, 5) is 26.7. The number of rotatable bonds is 5. The molecule has 6 heteroatoms. The second kappa shape index (κ2) is 6.83. The lowest BCUT2D eigenvalue weighted by atomic mass is 9.98. The third kappa shape index (κ3) is 3.53. The zero-order chi connectivity index (χ0) is 16.2. The molecule has 1 aromatic carbocycles. The second-order valence-electron chi connectivity index (χ2n) is 5.45. The lowest BCUT2D eigenvalue weighted by Gasteiger charge is -2.37. The Kier molecular flexibility index (Phi) is 4.62. The quantitative estimate of drug-likeness (QED) is 0.914. The molecular weight excluding hydrogens is 312 g/mol. The molecule has 2 heterocycles. The molecule has 2 amide bonds. The van der Waals surface area contributed by atoms with Crippen LogP contribution < -0.4 is 10.1 Å². The van der Waals surface area contributed by atoms with Crippen LogP contribution >= 0.6 is 11.3 Å². The molecule has 0 aliphatic carbocycles. The van der Waals surface area contributed by atoms with Gasteiger partial charge in [0.05, 0.1) is 17.9 Å². The Bertz CT molecular complexity index is 694. The summed E-state index contributed by atoms with van der Waals surface area (Å²) < 4.78 is 5.16. The van der Waals surface area contributed by atoms with Crippen LogP contribution in [0, 0.1) is 5.92 Å². The first-order valence-electron chi connectivity index (χ1n) is 7.41. The lowest BCUT2D eigenvalue weighted by molar-refractivity contribution is -0.129. The van der Waals surface area contributed by atoms with E-state index in [1.54, 1.807) is 12.0 Å². The van der Waals surface area contributed by atoms with Crippen molar-refractivity contribution in [2.24, 2.45) is 5.92 Å². The van der Waals surface area contributed by atoms with Crippen LogP contribution in [0.15, 0.2) is 41.8 Å². The molecule has 1 N–H and O–H groups in total. The van der Waals surface area contributed by atoms with Gasteiger partial charge in [-0.3, -0.25) is 9.59 Å². The van der Waals surface area contributed by atoms with E-state index < -0.39 is 0 Å². The summed E-state index contributed by atoms with van der Waals surface area (Å²) in [5.74, 6) is 0.650. The molecule has 1 aliphatic rings. The fraction of sp³-hybridized carbons (Fsp3) is 0.294. The normalized spacial score (nSPS) is 14.2. The maximum atomic E-state index is 12.1. The number of methoxy groups -OCH3 is 1. The number of carbonyl (C=O) groups excluding carboxylic acids is 2. The van der Waals surface area contributed by atoms with Gasteiger partial charge in [0.1, 0.15) is 5.75 Å². The smallest absolute Gasteiger partial charge is 0.263 e. The van der Waals surface area contributed by atoms with Gasteiger partial charge in [-0.25, -0.2) is 0 Å². The summed E-state index contributed by atoms with van der Waals surface area (Å²) >= 11 is 1.43. The Morgan fingerprint density at radius 3 is 2.83 bits per heavy atom. The van der Waals surface area contributed by atoms with E-state index >= 15 is 0 Å². The van der Waals surface area contributed by atoms with Gasteiger partial charge in [-0.15, -0.1) is 11.3 Å². The highest BCUT2D eigenvalue weighted by molar-refractivity contribution is 7.12. The van der Waals surface area contributed by atoms with E-state index in [1.807, 2.05) is 41.8 Å². The van der Waals surface area contributed by atoms with Crippen molar-refractivity contribution in [3.8, 4) is 5.75 Å². The number of nitrogens with zero attached hydrogens (tertiary/aromatic N) is 1. The zero-order valence-electron chi connectivity index (χ0n) is 12.8. The Morgan fingerprint density at radius 1 is 1.30 bits per heavy atom. The highest BCUT2D eigenvalue weighted by atomic mass is 32.1. The molecule has 0 atom stereocenters.